The number of carbonyl (C=O) groups excluding carboxylic acids is 4. The van der Waals surface area contributed by atoms with E-state index in [1.165, 1.54) is 0 Å². The Morgan fingerprint density at radius 2 is 0.825 bits per heavy atom. The van der Waals surface area contributed by atoms with Crippen LogP contribution in [0.3, 0.4) is 0 Å². The molecule has 0 unspecified atom stereocenters. The first-order chi connectivity index (χ1) is 38.5. The molecule has 6 amide bonds. The van der Waals surface area contributed by atoms with Crippen LogP contribution in [-0.4, -0.2) is 121 Å². The van der Waals surface area contributed by atoms with E-state index >= 15 is 0 Å². The van der Waals surface area contributed by atoms with Crippen molar-refractivity contribution in [2.24, 2.45) is 9.98 Å². The summed E-state index contributed by atoms with van der Waals surface area (Å²) < 4.78 is 23.3. The van der Waals surface area contributed by atoms with Crippen LogP contribution in [0.5, 0.6) is 23.0 Å². The number of amides is 6. The van der Waals surface area contributed by atoms with Gasteiger partial charge in [0.1, 0.15) is 59.8 Å². The first-order valence-corrected chi connectivity index (χ1v) is 27.6. The number of halogens is 4. The van der Waals surface area contributed by atoms with Crippen LogP contribution < -0.4 is 29.6 Å². The lowest BCUT2D eigenvalue weighted by Gasteiger charge is -2.36. The second kappa shape index (κ2) is 25.3. The number of hydrogen-bond donors (Lipinski definition) is 2. The van der Waals surface area contributed by atoms with Gasteiger partial charge in [-0.3, -0.25) is 29.4 Å². The molecule has 80 heavy (non-hydrogen) atoms. The molecule has 0 spiro atoms. The Labute approximate surface area is 485 Å². The lowest BCUT2D eigenvalue weighted by atomic mass is 9.93. The fourth-order valence-electron chi connectivity index (χ4n) is 9.95. The monoisotopic (exact) mass is 1160 g/mol. The van der Waals surface area contributed by atoms with E-state index in [1.54, 1.807) is 70.2 Å². The number of nitrogens with zero attached hydrogens (tertiary/aromatic N) is 6. The van der Waals surface area contributed by atoms with Crippen molar-refractivity contribution in [2.75, 3.05) is 53.5 Å². The smallest absolute Gasteiger partial charge is 0.326 e. The molecule has 0 aromatic heterocycles. The van der Waals surface area contributed by atoms with Gasteiger partial charge in [-0.25, -0.2) is 9.59 Å². The minimum atomic E-state index is -0.528. The van der Waals surface area contributed by atoms with E-state index in [2.05, 4.69) is 10.6 Å². The minimum Gasteiger partial charge on any atom is -0.497 e. The molecule has 20 heteroatoms. The van der Waals surface area contributed by atoms with Gasteiger partial charge in [-0.15, -0.1) is 0 Å². The van der Waals surface area contributed by atoms with Crippen molar-refractivity contribution in [3.63, 3.8) is 0 Å². The van der Waals surface area contributed by atoms with E-state index in [0.717, 1.165) is 22.3 Å². The second-order valence-corrected chi connectivity index (χ2v) is 21.5. The molecule has 10 rings (SSSR count). The van der Waals surface area contributed by atoms with Crippen molar-refractivity contribution in [3.05, 3.63) is 187 Å². The van der Waals surface area contributed by atoms with Crippen LogP contribution in [0.4, 0.5) is 9.59 Å². The van der Waals surface area contributed by atoms with Crippen LogP contribution >= 0.6 is 46.4 Å². The third-order valence-corrected chi connectivity index (χ3v) is 14.6. The average molecular weight is 1160 g/mol. The number of rotatable bonds is 12. The molecule has 2 fully saturated rings. The van der Waals surface area contributed by atoms with Gasteiger partial charge in [0.15, 0.2) is 0 Å². The summed E-state index contributed by atoms with van der Waals surface area (Å²) in [4.78, 5) is 70.1. The lowest BCUT2D eigenvalue weighted by Crippen LogP contribution is -2.55. The Morgan fingerprint density at radius 1 is 0.500 bits per heavy atom. The zero-order chi connectivity index (χ0) is 56.8. The number of carbonyl (C=O) groups is 4. The predicted molar refractivity (Wildman–Crippen MR) is 311 cm³/mol. The molecule has 4 aliphatic heterocycles. The van der Waals surface area contributed by atoms with Gasteiger partial charge in [0.25, 0.3) is 0 Å². The SMILES string of the molecule is COc1ccc(C2=N[C@@H](c3ccc(Cl)cc3)[C@H](c3ccc(Cl)cc3)N2C(=O)N2CCNC(=O)C2)c(OC(C)C)c1.COc1ccc(C2=N[C@H](c3ccc(Cl)cc3)[C@@H](c3ccc(Cl)cc3)N2C(=O)N2CCNC(=O)C2)c(OC(C)C)c1. The Morgan fingerprint density at radius 3 is 1.12 bits per heavy atom. The normalized spacial score (nSPS) is 18.9. The Bertz CT molecular complexity index is 3070. The number of hydrogen-bond acceptors (Lipinski definition) is 10. The average Bonchev–Trinajstić information content (AvgIpc) is 4.08. The third kappa shape index (κ3) is 12.9. The summed E-state index contributed by atoms with van der Waals surface area (Å²) >= 11 is 24.9. The van der Waals surface area contributed by atoms with E-state index in [0.29, 0.717) is 92.1 Å². The van der Waals surface area contributed by atoms with Gasteiger partial charge in [0.05, 0.1) is 49.6 Å². The zero-order valence-electron chi connectivity index (χ0n) is 44.9. The van der Waals surface area contributed by atoms with Crippen LogP contribution in [0.1, 0.15) is 85.2 Å². The van der Waals surface area contributed by atoms with Gasteiger partial charge < -0.3 is 39.4 Å². The van der Waals surface area contributed by atoms with E-state index in [-0.39, 0.29) is 49.2 Å². The topological polar surface area (TPSA) is 167 Å². The number of piperazine rings is 2. The summed E-state index contributed by atoms with van der Waals surface area (Å²) in [6, 6.07) is 38.0. The maximum Gasteiger partial charge on any atom is 0.326 e. The molecule has 0 saturated carbocycles. The molecular weight excluding hydrogens is 1100 g/mol. The first-order valence-electron chi connectivity index (χ1n) is 26.1. The van der Waals surface area contributed by atoms with Gasteiger partial charge in [0, 0.05) is 58.4 Å². The summed E-state index contributed by atoms with van der Waals surface area (Å²) in [6.07, 6.45) is -0.274. The van der Waals surface area contributed by atoms with Crippen molar-refractivity contribution in [1.82, 2.24) is 30.2 Å². The number of methoxy groups -OCH3 is 2. The first kappa shape index (κ1) is 57.2. The van der Waals surface area contributed by atoms with E-state index in [1.807, 2.05) is 125 Å². The lowest BCUT2D eigenvalue weighted by molar-refractivity contribution is -0.124. The minimum absolute atomic E-state index is 0.0421. The molecular formula is C60H60Cl4N8O8. The number of amidine groups is 2. The van der Waals surface area contributed by atoms with Crippen LogP contribution in [0.15, 0.2) is 143 Å². The molecule has 0 aliphatic carbocycles. The largest absolute Gasteiger partial charge is 0.497 e. The van der Waals surface area contributed by atoms with Crippen molar-refractivity contribution < 1.29 is 38.1 Å². The Balaban J connectivity index is 0.000000194. The van der Waals surface area contributed by atoms with Gasteiger partial charge in [0.2, 0.25) is 11.8 Å². The Hall–Kier alpha value is -7.50. The molecule has 6 aromatic rings. The number of ether oxygens (including phenoxy) is 4. The number of benzene rings is 6. The molecule has 0 radical (unpaired) electrons. The highest BCUT2D eigenvalue weighted by Crippen LogP contribution is 2.48. The van der Waals surface area contributed by atoms with Crippen molar-refractivity contribution >= 4 is 82.0 Å². The van der Waals surface area contributed by atoms with E-state index < -0.39 is 24.2 Å². The maximum atomic E-state index is 14.3. The summed E-state index contributed by atoms with van der Waals surface area (Å²) in [6.45, 7) is 9.16. The molecule has 2 saturated heterocycles. The van der Waals surface area contributed by atoms with E-state index in [9.17, 15) is 19.2 Å². The molecule has 4 aliphatic rings. The molecule has 4 atom stereocenters. The second-order valence-electron chi connectivity index (χ2n) is 19.8. The summed E-state index contributed by atoms with van der Waals surface area (Å²) in [5.74, 6) is 2.77. The van der Waals surface area contributed by atoms with Crippen LogP contribution in [0.25, 0.3) is 0 Å². The van der Waals surface area contributed by atoms with Crippen LogP contribution in [0, 0.1) is 0 Å². The number of nitrogens with one attached hydrogen (secondary N) is 2. The van der Waals surface area contributed by atoms with Gasteiger partial charge in [-0.1, -0.05) is 94.9 Å². The molecule has 6 aromatic carbocycles. The molecule has 16 nitrogen and oxygen atoms in total. The summed E-state index contributed by atoms with van der Waals surface area (Å²) in [7, 11) is 3.18. The van der Waals surface area contributed by atoms with Crippen LogP contribution in [-0.2, 0) is 9.59 Å². The van der Waals surface area contributed by atoms with Gasteiger partial charge >= 0.3 is 12.1 Å². The summed E-state index contributed by atoms with van der Waals surface area (Å²) in [5, 5.41) is 7.95. The predicted octanol–water partition coefficient (Wildman–Crippen LogP) is 11.8. The van der Waals surface area contributed by atoms with Gasteiger partial charge in [-0.2, -0.15) is 0 Å². The highest BCUT2D eigenvalue weighted by molar-refractivity contribution is 6.31. The Kier molecular flexibility index (Phi) is 18.1. The molecule has 0 bridgehead atoms. The maximum absolute atomic E-state index is 14.3. The standard InChI is InChI=1S/2C30H30Cl2N4O4/c2*1-18(2)40-25-16-23(39-3)12-13-24(25)29-34-27(19-4-8-21(31)9-5-19)28(20-6-10-22(32)11-7-20)36(29)30(38)35-15-14-33-26(37)17-35/h2*4-13,16,18,27-28H,14-15,17H2,1-3H3,(H,33,37)/t2*27-,28-/m10/s1. The molecule has 4 heterocycles. The molecule has 2 N–H and O–H groups in total. The van der Waals surface area contributed by atoms with Crippen molar-refractivity contribution in [1.29, 1.82) is 0 Å². The quantitative estimate of drug-likeness (QED) is 0.122. The highest BCUT2D eigenvalue weighted by atomic mass is 35.5. The number of aliphatic imine (C=N–C) groups is 2. The van der Waals surface area contributed by atoms with Gasteiger partial charge in [-0.05, 0) is 123 Å². The van der Waals surface area contributed by atoms with E-state index in [4.69, 9.17) is 75.3 Å². The zero-order valence-corrected chi connectivity index (χ0v) is 47.9. The third-order valence-electron chi connectivity index (χ3n) is 13.6. The highest BCUT2D eigenvalue weighted by Gasteiger charge is 2.47. The van der Waals surface area contributed by atoms with Crippen LogP contribution in [0.2, 0.25) is 20.1 Å². The van der Waals surface area contributed by atoms with Crippen molar-refractivity contribution in [2.45, 2.75) is 64.1 Å². The summed E-state index contributed by atoms with van der Waals surface area (Å²) in [5.41, 5.74) is 4.73. The fraction of sp³-hybridized carbons (Fsp3) is 0.300. The number of urea groups is 2. The molecule has 416 valence electrons. The fourth-order valence-corrected chi connectivity index (χ4v) is 10.5. The van der Waals surface area contributed by atoms with Crippen molar-refractivity contribution in [3.8, 4) is 23.0 Å².